The third-order valence-corrected chi connectivity index (χ3v) is 5.76. The number of H-pyrrole nitrogens is 1. The molecular weight excluding hydrogens is 439 g/mol. The normalized spacial score (nSPS) is 15.8. The van der Waals surface area contributed by atoms with E-state index in [1.54, 1.807) is 43.1 Å². The molecule has 1 aliphatic rings. The van der Waals surface area contributed by atoms with Crippen LogP contribution in [0.25, 0.3) is 10.9 Å². The quantitative estimate of drug-likeness (QED) is 0.561. The molecule has 1 saturated heterocycles. The zero-order chi connectivity index (χ0) is 23.4. The molecule has 32 heavy (non-hydrogen) atoms. The number of benzene rings is 2. The van der Waals surface area contributed by atoms with Crippen LogP contribution in [0.1, 0.15) is 30.5 Å². The van der Waals surface area contributed by atoms with Crippen LogP contribution in [0.15, 0.2) is 42.6 Å². The Labute approximate surface area is 186 Å². The number of nitrogens with zero attached hydrogens (tertiary/aromatic N) is 4. The lowest BCUT2D eigenvalue weighted by atomic mass is 10.0. The number of halogens is 3. The van der Waals surface area contributed by atoms with Gasteiger partial charge in [-0.3, -0.25) is 9.69 Å². The van der Waals surface area contributed by atoms with Crippen LogP contribution in [0, 0.1) is 22.7 Å². The van der Waals surface area contributed by atoms with Gasteiger partial charge in [0.2, 0.25) is 0 Å². The molecule has 6 nitrogen and oxygen atoms in total. The van der Waals surface area contributed by atoms with E-state index in [2.05, 4.69) is 11.1 Å². The highest BCUT2D eigenvalue weighted by atomic mass is 32.1. The minimum atomic E-state index is -4.77. The Morgan fingerprint density at radius 1 is 1.03 bits per heavy atom. The van der Waals surface area contributed by atoms with Gasteiger partial charge in [0, 0.05) is 22.8 Å². The fourth-order valence-corrected chi connectivity index (χ4v) is 4.32. The second-order valence-electron chi connectivity index (χ2n) is 7.70. The number of nitrogens with one attached hydrogen (secondary N) is 1. The molecule has 10 heteroatoms. The van der Waals surface area contributed by atoms with Crippen molar-refractivity contribution in [1.82, 2.24) is 4.98 Å². The maximum atomic E-state index is 13.5. The van der Waals surface area contributed by atoms with Crippen molar-refractivity contribution in [3.63, 3.8) is 0 Å². The molecular formula is C22H14F3N5OS. The minimum Gasteiger partial charge on any atom is -0.360 e. The second-order valence-corrected chi connectivity index (χ2v) is 8.07. The summed E-state index contributed by atoms with van der Waals surface area (Å²) in [5.41, 5.74) is -1.33. The highest BCUT2D eigenvalue weighted by Gasteiger charge is 2.50. The van der Waals surface area contributed by atoms with E-state index in [9.17, 15) is 23.2 Å². The monoisotopic (exact) mass is 453 g/mol. The molecule has 0 aliphatic carbocycles. The van der Waals surface area contributed by atoms with E-state index < -0.39 is 28.7 Å². The van der Waals surface area contributed by atoms with Crippen LogP contribution >= 0.6 is 12.2 Å². The van der Waals surface area contributed by atoms with Crippen LogP contribution in [0.2, 0.25) is 0 Å². The van der Waals surface area contributed by atoms with Gasteiger partial charge in [-0.2, -0.15) is 23.7 Å². The molecule has 3 aromatic rings. The summed E-state index contributed by atoms with van der Waals surface area (Å²) in [6.45, 7) is 3.23. The summed E-state index contributed by atoms with van der Waals surface area (Å²) in [5.74, 6) is -0.519. The molecule has 2 aromatic carbocycles. The first kappa shape index (κ1) is 21.3. The SMILES string of the molecule is CC1(C)C(=O)N(c2ccc(C#N)c(C(F)(F)F)c2)C(=S)N1c1ccc2[nH]cc(C#N)c2c1. The third-order valence-electron chi connectivity index (χ3n) is 5.40. The average Bonchev–Trinajstić information content (AvgIpc) is 3.22. The Morgan fingerprint density at radius 2 is 1.69 bits per heavy atom. The number of nitriles is 2. The summed E-state index contributed by atoms with van der Waals surface area (Å²) >= 11 is 5.53. The predicted molar refractivity (Wildman–Crippen MR) is 116 cm³/mol. The number of alkyl halides is 3. The number of anilines is 2. The summed E-state index contributed by atoms with van der Waals surface area (Å²) in [6.07, 6.45) is -3.21. The fourth-order valence-electron chi connectivity index (χ4n) is 3.80. The number of aromatic amines is 1. The number of thiocarbonyl (C=S) groups is 1. The Balaban J connectivity index is 1.84. The van der Waals surface area contributed by atoms with Gasteiger partial charge in [0.05, 0.1) is 28.4 Å². The number of amides is 1. The Bertz CT molecular complexity index is 1380. The molecule has 2 heterocycles. The van der Waals surface area contributed by atoms with E-state index in [0.717, 1.165) is 22.5 Å². The number of carbonyl (C=O) groups excluding carboxylic acids is 1. The van der Waals surface area contributed by atoms with Gasteiger partial charge in [-0.15, -0.1) is 0 Å². The van der Waals surface area contributed by atoms with Crippen molar-refractivity contribution in [3.05, 3.63) is 59.3 Å². The van der Waals surface area contributed by atoms with Gasteiger partial charge < -0.3 is 9.88 Å². The van der Waals surface area contributed by atoms with E-state index in [-0.39, 0.29) is 10.8 Å². The van der Waals surface area contributed by atoms with E-state index >= 15 is 0 Å². The number of rotatable bonds is 2. The molecule has 1 amide bonds. The summed E-state index contributed by atoms with van der Waals surface area (Å²) in [4.78, 5) is 18.8. The molecule has 1 aromatic heterocycles. The highest BCUT2D eigenvalue weighted by Crippen LogP contribution is 2.40. The van der Waals surface area contributed by atoms with Crippen molar-refractivity contribution in [1.29, 1.82) is 10.5 Å². The van der Waals surface area contributed by atoms with E-state index in [1.165, 1.54) is 12.1 Å². The van der Waals surface area contributed by atoms with Crippen LogP contribution in [-0.4, -0.2) is 21.5 Å². The molecule has 160 valence electrons. The van der Waals surface area contributed by atoms with Crippen LogP contribution < -0.4 is 9.80 Å². The summed E-state index contributed by atoms with van der Waals surface area (Å²) < 4.78 is 40.4. The first-order valence-corrected chi connectivity index (χ1v) is 9.73. The van der Waals surface area contributed by atoms with E-state index in [0.29, 0.717) is 16.6 Å². The largest absolute Gasteiger partial charge is 0.417 e. The standard InChI is InChI=1S/C22H14F3N5OS/c1-21(2)19(31)29(14-4-3-12(9-26)17(8-14)22(23,24)25)20(32)30(21)15-5-6-18-16(7-15)13(10-27)11-28-18/h3-8,11,28H,1-2H3. The molecule has 1 aliphatic heterocycles. The van der Waals surface area contributed by atoms with Gasteiger partial charge in [-0.1, -0.05) is 0 Å². The Morgan fingerprint density at radius 3 is 2.31 bits per heavy atom. The fraction of sp³-hybridized carbons (Fsp3) is 0.182. The first-order valence-electron chi connectivity index (χ1n) is 9.32. The molecule has 4 rings (SSSR count). The smallest absolute Gasteiger partial charge is 0.360 e. The van der Waals surface area contributed by atoms with Gasteiger partial charge in [0.25, 0.3) is 5.91 Å². The average molecular weight is 453 g/mol. The molecule has 0 bridgehead atoms. The second kappa shape index (κ2) is 7.08. The van der Waals surface area contributed by atoms with Crippen LogP contribution in [0.4, 0.5) is 24.5 Å². The molecule has 0 saturated carbocycles. The van der Waals surface area contributed by atoms with Crippen LogP contribution in [-0.2, 0) is 11.0 Å². The summed E-state index contributed by atoms with van der Waals surface area (Å²) in [7, 11) is 0. The minimum absolute atomic E-state index is 0.00812. The molecule has 0 spiro atoms. The van der Waals surface area contributed by atoms with Crippen LogP contribution in [0.5, 0.6) is 0 Å². The summed E-state index contributed by atoms with van der Waals surface area (Å²) in [6, 6.07) is 11.8. The predicted octanol–water partition coefficient (Wildman–Crippen LogP) is 4.85. The highest BCUT2D eigenvalue weighted by molar-refractivity contribution is 7.81. The maximum Gasteiger partial charge on any atom is 0.417 e. The Kier molecular flexibility index (Phi) is 4.72. The van der Waals surface area contributed by atoms with E-state index in [1.807, 2.05) is 0 Å². The zero-order valence-corrected chi connectivity index (χ0v) is 17.6. The van der Waals surface area contributed by atoms with Crippen molar-refractivity contribution >= 4 is 45.5 Å². The Hall–Kier alpha value is -3.89. The van der Waals surface area contributed by atoms with Crippen molar-refractivity contribution in [2.24, 2.45) is 0 Å². The lowest BCUT2D eigenvalue weighted by Crippen LogP contribution is -2.44. The topological polar surface area (TPSA) is 86.9 Å². The molecule has 0 radical (unpaired) electrons. The van der Waals surface area contributed by atoms with Gasteiger partial charge in [-0.25, -0.2) is 0 Å². The van der Waals surface area contributed by atoms with Crippen molar-refractivity contribution in [2.45, 2.75) is 25.6 Å². The zero-order valence-electron chi connectivity index (χ0n) is 16.8. The van der Waals surface area contributed by atoms with Gasteiger partial charge in [-0.05, 0) is 62.5 Å². The van der Waals surface area contributed by atoms with Gasteiger partial charge >= 0.3 is 6.18 Å². The first-order chi connectivity index (χ1) is 15.0. The third kappa shape index (κ3) is 3.08. The van der Waals surface area contributed by atoms with E-state index in [4.69, 9.17) is 17.5 Å². The molecule has 1 N–H and O–H groups in total. The number of hydrogen-bond donors (Lipinski definition) is 1. The van der Waals surface area contributed by atoms with Crippen LogP contribution in [0.3, 0.4) is 0 Å². The van der Waals surface area contributed by atoms with Crippen molar-refractivity contribution < 1.29 is 18.0 Å². The number of carbonyl (C=O) groups is 1. The summed E-state index contributed by atoms with van der Waals surface area (Å²) in [5, 5.41) is 19.0. The maximum absolute atomic E-state index is 13.5. The van der Waals surface area contributed by atoms with Gasteiger partial charge in [0.1, 0.15) is 11.6 Å². The lowest BCUT2D eigenvalue weighted by Gasteiger charge is -2.29. The molecule has 1 fully saturated rings. The molecule has 0 unspecified atom stereocenters. The van der Waals surface area contributed by atoms with Crippen molar-refractivity contribution in [2.75, 3.05) is 9.80 Å². The number of aromatic nitrogens is 1. The van der Waals surface area contributed by atoms with Crippen molar-refractivity contribution in [3.8, 4) is 12.1 Å². The number of hydrogen-bond acceptors (Lipinski definition) is 4. The molecule has 0 atom stereocenters. The lowest BCUT2D eigenvalue weighted by molar-refractivity contribution is -0.137. The number of fused-ring (bicyclic) bond motifs is 1. The van der Waals surface area contributed by atoms with Gasteiger partial charge in [0.15, 0.2) is 5.11 Å².